The number of methoxy groups -OCH3 is 1. The molecule has 1 aliphatic heterocycles. The highest BCUT2D eigenvalue weighted by Gasteiger charge is 2.24. The lowest BCUT2D eigenvalue weighted by molar-refractivity contribution is -0.384. The van der Waals surface area contributed by atoms with Gasteiger partial charge >= 0.3 is 0 Å². The van der Waals surface area contributed by atoms with Gasteiger partial charge < -0.3 is 19.7 Å². The van der Waals surface area contributed by atoms with Crippen molar-refractivity contribution in [3.63, 3.8) is 0 Å². The van der Waals surface area contributed by atoms with Crippen molar-refractivity contribution in [2.24, 2.45) is 0 Å². The van der Waals surface area contributed by atoms with Crippen LogP contribution in [0.1, 0.15) is 36.6 Å². The van der Waals surface area contributed by atoms with E-state index in [0.717, 1.165) is 55.2 Å². The Labute approximate surface area is 171 Å². The van der Waals surface area contributed by atoms with E-state index in [-0.39, 0.29) is 16.7 Å². The largest absolute Gasteiger partial charge is 0.493 e. The molecule has 2 aromatic carbocycles. The lowest BCUT2D eigenvalue weighted by atomic mass is 9.89. The highest BCUT2D eigenvalue weighted by atomic mass is 16.6. The van der Waals surface area contributed by atoms with Crippen LogP contribution in [0, 0.1) is 10.1 Å². The first-order valence-electron chi connectivity index (χ1n) is 10.1. The smallest absolute Gasteiger partial charge is 0.269 e. The Balaban J connectivity index is 1.86. The third kappa shape index (κ3) is 4.86. The zero-order valence-electron chi connectivity index (χ0n) is 17.3. The number of ether oxygens (including phenoxy) is 2. The van der Waals surface area contributed by atoms with Gasteiger partial charge in [-0.05, 0) is 48.3 Å². The monoisotopic (exact) mass is 399 g/mol. The van der Waals surface area contributed by atoms with Crippen molar-refractivity contribution in [1.29, 1.82) is 0 Å². The Hall–Kier alpha value is -2.64. The molecule has 0 amide bonds. The van der Waals surface area contributed by atoms with Crippen molar-refractivity contribution in [3.8, 4) is 11.5 Å². The predicted molar refractivity (Wildman–Crippen MR) is 113 cm³/mol. The molecule has 7 heteroatoms. The number of benzene rings is 2. The molecule has 0 fully saturated rings. The lowest BCUT2D eigenvalue weighted by Gasteiger charge is -2.29. The van der Waals surface area contributed by atoms with Gasteiger partial charge in [0.25, 0.3) is 5.69 Å². The van der Waals surface area contributed by atoms with Crippen LogP contribution in [-0.2, 0) is 6.42 Å². The number of hydrogen-bond donors (Lipinski definition) is 1. The summed E-state index contributed by atoms with van der Waals surface area (Å²) in [5.74, 6) is 1.47. The Morgan fingerprint density at radius 3 is 2.52 bits per heavy atom. The standard InChI is InChI=1S/C22H29N3O4/c1-4-24(5-2)12-13-29-21-15-19-17(14-20(21)28-3)10-11-23-22(19)16-6-8-18(9-7-16)25(26)27/h6-9,14-15,22-23H,4-5,10-13H2,1-3H3. The maximum atomic E-state index is 10.9. The molecule has 0 aliphatic carbocycles. The number of rotatable bonds is 9. The summed E-state index contributed by atoms with van der Waals surface area (Å²) in [5, 5.41) is 14.5. The SMILES string of the molecule is CCN(CC)CCOc1cc2c(cc1OC)CCNC2c1ccc([N+](=O)[O-])cc1. The van der Waals surface area contributed by atoms with Crippen molar-refractivity contribution < 1.29 is 14.4 Å². The molecule has 1 aliphatic rings. The Kier molecular flexibility index (Phi) is 7.06. The Morgan fingerprint density at radius 2 is 1.90 bits per heavy atom. The molecule has 1 unspecified atom stereocenters. The third-order valence-electron chi connectivity index (χ3n) is 5.48. The lowest BCUT2D eigenvalue weighted by Crippen LogP contribution is -2.31. The predicted octanol–water partition coefficient (Wildman–Crippen LogP) is 3.56. The number of nitrogens with zero attached hydrogens (tertiary/aromatic N) is 2. The van der Waals surface area contributed by atoms with Crippen molar-refractivity contribution in [2.45, 2.75) is 26.3 Å². The van der Waals surface area contributed by atoms with Crippen LogP contribution in [0.4, 0.5) is 5.69 Å². The number of fused-ring (bicyclic) bond motifs is 1. The fourth-order valence-corrected chi connectivity index (χ4v) is 3.75. The molecule has 0 radical (unpaired) electrons. The molecule has 0 spiro atoms. The van der Waals surface area contributed by atoms with Crippen molar-refractivity contribution in [1.82, 2.24) is 10.2 Å². The summed E-state index contributed by atoms with van der Waals surface area (Å²) in [6.45, 7) is 8.55. The van der Waals surface area contributed by atoms with Crippen LogP contribution in [-0.4, -0.2) is 49.7 Å². The van der Waals surface area contributed by atoms with E-state index in [1.807, 2.05) is 12.1 Å². The minimum atomic E-state index is -0.376. The van der Waals surface area contributed by atoms with E-state index in [1.165, 1.54) is 5.56 Å². The van der Waals surface area contributed by atoms with Crippen LogP contribution in [0.25, 0.3) is 0 Å². The Morgan fingerprint density at radius 1 is 1.17 bits per heavy atom. The number of nitro groups is 1. The van der Waals surface area contributed by atoms with E-state index in [0.29, 0.717) is 6.61 Å². The zero-order chi connectivity index (χ0) is 20.8. The van der Waals surface area contributed by atoms with Gasteiger partial charge in [0.05, 0.1) is 18.1 Å². The number of non-ortho nitro benzene ring substituents is 1. The molecule has 0 bridgehead atoms. The fraction of sp³-hybridized carbons (Fsp3) is 0.455. The average Bonchev–Trinajstić information content (AvgIpc) is 2.75. The average molecular weight is 399 g/mol. The summed E-state index contributed by atoms with van der Waals surface area (Å²) in [7, 11) is 1.66. The van der Waals surface area contributed by atoms with E-state index in [2.05, 4.69) is 36.2 Å². The first-order chi connectivity index (χ1) is 14.1. The molecule has 7 nitrogen and oxygen atoms in total. The minimum Gasteiger partial charge on any atom is -0.493 e. The molecular formula is C22H29N3O4. The van der Waals surface area contributed by atoms with E-state index < -0.39 is 0 Å². The fourth-order valence-electron chi connectivity index (χ4n) is 3.75. The van der Waals surface area contributed by atoms with E-state index in [9.17, 15) is 10.1 Å². The van der Waals surface area contributed by atoms with Crippen molar-refractivity contribution >= 4 is 5.69 Å². The summed E-state index contributed by atoms with van der Waals surface area (Å²) in [6.07, 6.45) is 0.898. The number of nitrogens with one attached hydrogen (secondary N) is 1. The number of nitro benzene ring substituents is 1. The van der Waals surface area contributed by atoms with Crippen LogP contribution < -0.4 is 14.8 Å². The second kappa shape index (κ2) is 9.71. The maximum absolute atomic E-state index is 10.9. The van der Waals surface area contributed by atoms with Crippen LogP contribution in [0.2, 0.25) is 0 Å². The first-order valence-corrected chi connectivity index (χ1v) is 10.1. The topological polar surface area (TPSA) is 76.9 Å². The second-order valence-electron chi connectivity index (χ2n) is 7.06. The van der Waals surface area contributed by atoms with Gasteiger partial charge in [0, 0.05) is 25.2 Å². The van der Waals surface area contributed by atoms with Gasteiger partial charge in [-0.2, -0.15) is 0 Å². The molecular weight excluding hydrogens is 370 g/mol. The van der Waals surface area contributed by atoms with Gasteiger partial charge in [0.1, 0.15) is 6.61 Å². The second-order valence-corrected chi connectivity index (χ2v) is 7.06. The molecule has 1 N–H and O–H groups in total. The van der Waals surface area contributed by atoms with Crippen molar-refractivity contribution in [2.75, 3.05) is 39.9 Å². The van der Waals surface area contributed by atoms with Crippen molar-refractivity contribution in [3.05, 3.63) is 63.2 Å². The third-order valence-corrected chi connectivity index (χ3v) is 5.48. The number of likely N-dealkylation sites (N-methyl/N-ethyl adjacent to an activating group) is 1. The van der Waals surface area contributed by atoms with Gasteiger partial charge in [-0.3, -0.25) is 10.1 Å². The minimum absolute atomic E-state index is 0.0319. The highest BCUT2D eigenvalue weighted by Crippen LogP contribution is 2.37. The molecule has 1 heterocycles. The van der Waals surface area contributed by atoms with E-state index in [1.54, 1.807) is 19.2 Å². The summed E-state index contributed by atoms with van der Waals surface area (Å²) in [4.78, 5) is 12.9. The molecule has 29 heavy (non-hydrogen) atoms. The summed E-state index contributed by atoms with van der Waals surface area (Å²) >= 11 is 0. The van der Waals surface area contributed by atoms with Crippen LogP contribution in [0.15, 0.2) is 36.4 Å². The van der Waals surface area contributed by atoms with Gasteiger partial charge in [0.2, 0.25) is 0 Å². The zero-order valence-corrected chi connectivity index (χ0v) is 17.3. The van der Waals surface area contributed by atoms with Gasteiger partial charge in [-0.1, -0.05) is 26.0 Å². The quantitative estimate of drug-likeness (QED) is 0.513. The van der Waals surface area contributed by atoms with Crippen LogP contribution in [0.5, 0.6) is 11.5 Å². The summed E-state index contributed by atoms with van der Waals surface area (Å²) in [6, 6.07) is 10.8. The van der Waals surface area contributed by atoms with E-state index in [4.69, 9.17) is 9.47 Å². The van der Waals surface area contributed by atoms with Gasteiger partial charge in [-0.25, -0.2) is 0 Å². The molecule has 156 valence electrons. The van der Waals surface area contributed by atoms with Crippen LogP contribution in [0.3, 0.4) is 0 Å². The first kappa shape index (κ1) is 21.1. The molecule has 3 rings (SSSR count). The van der Waals surface area contributed by atoms with E-state index >= 15 is 0 Å². The summed E-state index contributed by atoms with van der Waals surface area (Å²) in [5.41, 5.74) is 3.43. The molecule has 0 saturated heterocycles. The molecule has 0 aromatic heterocycles. The highest BCUT2D eigenvalue weighted by molar-refractivity contribution is 5.52. The van der Waals surface area contributed by atoms with Crippen LogP contribution >= 0.6 is 0 Å². The Bertz CT molecular complexity index is 835. The molecule has 0 saturated carbocycles. The molecule has 2 aromatic rings. The van der Waals surface area contributed by atoms with Gasteiger partial charge in [0.15, 0.2) is 11.5 Å². The maximum Gasteiger partial charge on any atom is 0.269 e. The summed E-state index contributed by atoms with van der Waals surface area (Å²) < 4.78 is 11.6. The molecule has 1 atom stereocenters. The van der Waals surface area contributed by atoms with Gasteiger partial charge in [-0.15, -0.1) is 0 Å². The number of hydrogen-bond acceptors (Lipinski definition) is 6. The normalized spacial score (nSPS) is 15.8.